The van der Waals surface area contributed by atoms with E-state index in [9.17, 15) is 23.1 Å². The first kappa shape index (κ1) is 15.9. The maximum absolute atomic E-state index is 12.4. The summed E-state index contributed by atoms with van der Waals surface area (Å²) < 4.78 is 38.2. The molecule has 0 aliphatic heterocycles. The minimum Gasteiger partial charge on any atom is -0.508 e. The lowest BCUT2D eigenvalue weighted by atomic mass is 10.2. The number of phenols is 1. The summed E-state index contributed by atoms with van der Waals surface area (Å²) in [6.45, 7) is -0.154. The van der Waals surface area contributed by atoms with Gasteiger partial charge in [-0.3, -0.25) is 9.48 Å². The molecule has 0 saturated heterocycles. The summed E-state index contributed by atoms with van der Waals surface area (Å²) in [5.41, 5.74) is -0.488. The fourth-order valence-corrected chi connectivity index (χ4v) is 1.85. The van der Waals surface area contributed by atoms with Crippen LogP contribution in [0.2, 0.25) is 0 Å². The van der Waals surface area contributed by atoms with Gasteiger partial charge in [0.05, 0.1) is 0 Å². The van der Waals surface area contributed by atoms with Gasteiger partial charge in [-0.1, -0.05) is 18.2 Å². The number of hydrogen-bond acceptors (Lipinski definition) is 3. The minimum atomic E-state index is -4.53. The topological polar surface area (TPSA) is 58.4 Å². The number of carbonyl (C=O) groups excluding carboxylic acids is 1. The Hall–Kier alpha value is -2.51. The molecule has 0 fully saturated rings. The van der Waals surface area contributed by atoms with Crippen LogP contribution in [0.3, 0.4) is 0 Å². The van der Waals surface area contributed by atoms with E-state index in [-0.39, 0.29) is 18.8 Å². The van der Waals surface area contributed by atoms with E-state index in [2.05, 4.69) is 5.10 Å². The highest BCUT2D eigenvalue weighted by atomic mass is 19.4. The molecular formula is C14H14F3N3O2. The fourth-order valence-electron chi connectivity index (χ4n) is 1.85. The van der Waals surface area contributed by atoms with Crippen molar-refractivity contribution in [2.75, 3.05) is 7.05 Å². The number of carbonyl (C=O) groups is 1. The van der Waals surface area contributed by atoms with Gasteiger partial charge in [-0.05, 0) is 12.1 Å². The standard InChI is InChI=1S/C14H14F3N3O2/c1-19(8-10-4-2-3-5-11(10)21)13(22)9-20-7-6-12(18-20)14(15,16)17/h2-7,21H,8-9H2,1H3. The van der Waals surface area contributed by atoms with Gasteiger partial charge in [0.1, 0.15) is 12.3 Å². The summed E-state index contributed by atoms with van der Waals surface area (Å²) in [6.07, 6.45) is -3.43. The number of amides is 1. The molecule has 1 N–H and O–H groups in total. The molecule has 2 aromatic rings. The van der Waals surface area contributed by atoms with Gasteiger partial charge >= 0.3 is 6.18 Å². The third-order valence-electron chi connectivity index (χ3n) is 3.05. The van der Waals surface area contributed by atoms with Gasteiger partial charge in [-0.25, -0.2) is 0 Å². The predicted octanol–water partition coefficient (Wildman–Crippen LogP) is 2.27. The normalized spacial score (nSPS) is 11.5. The molecule has 0 bridgehead atoms. The van der Waals surface area contributed by atoms with Crippen LogP contribution in [-0.2, 0) is 24.1 Å². The molecule has 0 atom stereocenters. The molecule has 1 amide bonds. The van der Waals surface area contributed by atoms with Crippen LogP contribution in [0.1, 0.15) is 11.3 Å². The zero-order valence-corrected chi connectivity index (χ0v) is 11.7. The number of hydrogen-bond donors (Lipinski definition) is 1. The number of para-hydroxylation sites is 1. The van der Waals surface area contributed by atoms with Crippen LogP contribution in [0, 0.1) is 0 Å². The Morgan fingerprint density at radius 2 is 2.00 bits per heavy atom. The van der Waals surface area contributed by atoms with Crippen LogP contribution in [0.25, 0.3) is 0 Å². The highest BCUT2D eigenvalue weighted by Crippen LogP contribution is 2.27. The average Bonchev–Trinajstić information content (AvgIpc) is 2.89. The number of halogens is 3. The molecule has 0 unspecified atom stereocenters. The number of nitrogens with zero attached hydrogens (tertiary/aromatic N) is 3. The second-order valence-corrected chi connectivity index (χ2v) is 4.77. The quantitative estimate of drug-likeness (QED) is 0.942. The first-order chi connectivity index (χ1) is 10.3. The second-order valence-electron chi connectivity index (χ2n) is 4.77. The zero-order chi connectivity index (χ0) is 16.3. The molecule has 1 aromatic carbocycles. The first-order valence-electron chi connectivity index (χ1n) is 6.39. The van der Waals surface area contributed by atoms with E-state index in [4.69, 9.17) is 0 Å². The molecule has 0 spiro atoms. The Labute approximate surface area is 124 Å². The smallest absolute Gasteiger partial charge is 0.435 e. The molecule has 0 radical (unpaired) electrons. The maximum atomic E-state index is 12.4. The van der Waals surface area contributed by atoms with Crippen molar-refractivity contribution in [1.29, 1.82) is 0 Å². The van der Waals surface area contributed by atoms with Crippen molar-refractivity contribution in [2.45, 2.75) is 19.3 Å². The van der Waals surface area contributed by atoms with Crippen LogP contribution in [0.4, 0.5) is 13.2 Å². The molecule has 0 saturated carbocycles. The van der Waals surface area contributed by atoms with Crippen molar-refractivity contribution in [1.82, 2.24) is 14.7 Å². The number of phenolic OH excluding ortho intramolecular Hbond substituents is 1. The number of likely N-dealkylation sites (N-methyl/N-ethyl adjacent to an activating group) is 1. The molecule has 0 aliphatic rings. The van der Waals surface area contributed by atoms with Gasteiger partial charge in [0.15, 0.2) is 5.69 Å². The molecule has 22 heavy (non-hydrogen) atoms. The van der Waals surface area contributed by atoms with Crippen molar-refractivity contribution in [3.63, 3.8) is 0 Å². The van der Waals surface area contributed by atoms with Gasteiger partial charge in [0.2, 0.25) is 5.91 Å². The molecular weight excluding hydrogens is 299 g/mol. The largest absolute Gasteiger partial charge is 0.508 e. The summed E-state index contributed by atoms with van der Waals surface area (Å²) in [7, 11) is 1.50. The molecule has 5 nitrogen and oxygen atoms in total. The first-order valence-corrected chi connectivity index (χ1v) is 6.39. The summed E-state index contributed by atoms with van der Waals surface area (Å²) in [5.74, 6) is -0.360. The van der Waals surface area contributed by atoms with Crippen LogP contribution >= 0.6 is 0 Å². The molecule has 2 rings (SSSR count). The van der Waals surface area contributed by atoms with Crippen molar-refractivity contribution in [3.05, 3.63) is 47.8 Å². The highest BCUT2D eigenvalue weighted by molar-refractivity contribution is 5.75. The molecule has 8 heteroatoms. The Balaban J connectivity index is 2.00. The van der Waals surface area contributed by atoms with Crippen molar-refractivity contribution < 1.29 is 23.1 Å². The van der Waals surface area contributed by atoms with E-state index in [1.807, 2.05) is 0 Å². The number of benzene rings is 1. The van der Waals surface area contributed by atoms with Gasteiger partial charge < -0.3 is 10.0 Å². The monoisotopic (exact) mass is 313 g/mol. The van der Waals surface area contributed by atoms with E-state index in [1.54, 1.807) is 18.2 Å². The van der Waals surface area contributed by atoms with E-state index in [0.717, 1.165) is 16.9 Å². The van der Waals surface area contributed by atoms with Crippen LogP contribution in [0.15, 0.2) is 36.5 Å². The average molecular weight is 313 g/mol. The minimum absolute atomic E-state index is 0.0561. The van der Waals surface area contributed by atoms with Crippen molar-refractivity contribution in [2.24, 2.45) is 0 Å². The Bertz CT molecular complexity index is 667. The number of alkyl halides is 3. The summed E-state index contributed by atoms with van der Waals surface area (Å²) in [6, 6.07) is 7.35. The number of aromatic nitrogens is 2. The van der Waals surface area contributed by atoms with E-state index >= 15 is 0 Å². The fraction of sp³-hybridized carbons (Fsp3) is 0.286. The lowest BCUT2D eigenvalue weighted by Gasteiger charge is -2.18. The van der Waals surface area contributed by atoms with Crippen molar-refractivity contribution >= 4 is 5.91 Å². The summed E-state index contributed by atoms with van der Waals surface area (Å²) >= 11 is 0. The summed E-state index contributed by atoms with van der Waals surface area (Å²) in [4.78, 5) is 13.3. The Kier molecular flexibility index (Phi) is 4.39. The lowest BCUT2D eigenvalue weighted by Crippen LogP contribution is -2.30. The van der Waals surface area contributed by atoms with Gasteiger partial charge in [0.25, 0.3) is 0 Å². The van der Waals surface area contributed by atoms with Gasteiger partial charge in [-0.2, -0.15) is 18.3 Å². The van der Waals surface area contributed by atoms with E-state index < -0.39 is 17.8 Å². The maximum Gasteiger partial charge on any atom is 0.435 e. The SMILES string of the molecule is CN(Cc1ccccc1O)C(=O)Cn1ccc(C(F)(F)F)n1. The highest BCUT2D eigenvalue weighted by Gasteiger charge is 2.33. The third-order valence-corrected chi connectivity index (χ3v) is 3.05. The van der Waals surface area contributed by atoms with Gasteiger partial charge in [-0.15, -0.1) is 0 Å². The van der Waals surface area contributed by atoms with E-state index in [0.29, 0.717) is 5.56 Å². The molecule has 118 valence electrons. The second kappa shape index (κ2) is 6.08. The third kappa shape index (κ3) is 3.78. The van der Waals surface area contributed by atoms with Gasteiger partial charge in [0, 0.05) is 25.4 Å². The molecule has 1 heterocycles. The number of rotatable bonds is 4. The molecule has 1 aromatic heterocycles. The summed E-state index contributed by atoms with van der Waals surface area (Å²) in [5, 5.41) is 13.0. The molecule has 0 aliphatic carbocycles. The van der Waals surface area contributed by atoms with Crippen LogP contribution in [-0.4, -0.2) is 32.7 Å². The Morgan fingerprint density at radius 1 is 1.32 bits per heavy atom. The lowest BCUT2D eigenvalue weighted by molar-refractivity contribution is -0.142. The zero-order valence-electron chi connectivity index (χ0n) is 11.7. The predicted molar refractivity (Wildman–Crippen MR) is 71.8 cm³/mol. The van der Waals surface area contributed by atoms with Crippen LogP contribution < -0.4 is 0 Å². The van der Waals surface area contributed by atoms with Crippen LogP contribution in [0.5, 0.6) is 5.75 Å². The van der Waals surface area contributed by atoms with E-state index in [1.165, 1.54) is 18.0 Å². The van der Waals surface area contributed by atoms with Crippen molar-refractivity contribution in [3.8, 4) is 5.75 Å². The number of aromatic hydroxyl groups is 1. The Morgan fingerprint density at radius 3 is 2.59 bits per heavy atom.